The molecule has 1 atom stereocenters. The topological polar surface area (TPSA) is 29.1 Å². The summed E-state index contributed by atoms with van der Waals surface area (Å²) in [4.78, 5) is 11.2. The summed E-state index contributed by atoms with van der Waals surface area (Å²) in [5.74, 6) is 1.20. The molecule has 0 bridgehead atoms. The Labute approximate surface area is 68.4 Å². The van der Waals surface area contributed by atoms with Gasteiger partial charge in [0, 0.05) is 12.5 Å². The lowest BCUT2D eigenvalue weighted by atomic mass is 9.87. The molecule has 0 saturated carbocycles. The van der Waals surface area contributed by atoms with Gasteiger partial charge < -0.3 is 5.32 Å². The van der Waals surface area contributed by atoms with Crippen LogP contribution in [0.1, 0.15) is 33.1 Å². The molecule has 1 saturated heterocycles. The first-order valence-corrected chi connectivity index (χ1v) is 4.57. The second kappa shape index (κ2) is 3.74. The van der Waals surface area contributed by atoms with E-state index in [0.29, 0.717) is 11.8 Å². The van der Waals surface area contributed by atoms with Crippen LogP contribution in [0.3, 0.4) is 0 Å². The van der Waals surface area contributed by atoms with Crippen LogP contribution < -0.4 is 5.32 Å². The molecule has 1 N–H and O–H groups in total. The van der Waals surface area contributed by atoms with E-state index in [2.05, 4.69) is 19.2 Å². The van der Waals surface area contributed by atoms with Crippen molar-refractivity contribution in [3.05, 3.63) is 0 Å². The lowest BCUT2D eigenvalue weighted by Crippen LogP contribution is -2.24. The summed E-state index contributed by atoms with van der Waals surface area (Å²) in [5.41, 5.74) is 0. The van der Waals surface area contributed by atoms with E-state index in [1.165, 1.54) is 0 Å². The van der Waals surface area contributed by atoms with Crippen LogP contribution in [0.2, 0.25) is 0 Å². The maximum atomic E-state index is 11.2. The van der Waals surface area contributed by atoms with E-state index >= 15 is 0 Å². The van der Waals surface area contributed by atoms with Crippen molar-refractivity contribution in [1.82, 2.24) is 5.32 Å². The normalized spacial score (nSPS) is 24.3. The van der Waals surface area contributed by atoms with Gasteiger partial charge in [-0.1, -0.05) is 26.7 Å². The minimum Gasteiger partial charge on any atom is -0.356 e. The molecule has 0 aromatic carbocycles. The van der Waals surface area contributed by atoms with Gasteiger partial charge in [0.15, 0.2) is 0 Å². The Hall–Kier alpha value is -0.530. The molecule has 1 aliphatic heterocycles. The van der Waals surface area contributed by atoms with Crippen LogP contribution in [0.5, 0.6) is 0 Å². The fraction of sp³-hybridized carbons (Fsp3) is 0.889. The maximum absolute atomic E-state index is 11.2. The zero-order valence-corrected chi connectivity index (χ0v) is 7.39. The quantitative estimate of drug-likeness (QED) is 0.658. The molecular weight excluding hydrogens is 138 g/mol. The van der Waals surface area contributed by atoms with E-state index in [4.69, 9.17) is 0 Å². The van der Waals surface area contributed by atoms with E-state index in [0.717, 1.165) is 25.8 Å². The van der Waals surface area contributed by atoms with Gasteiger partial charge in [-0.05, 0) is 12.3 Å². The average molecular weight is 155 g/mol. The molecule has 0 aliphatic carbocycles. The first-order chi connectivity index (χ1) is 5.29. The second-order valence-electron chi connectivity index (χ2n) is 3.26. The van der Waals surface area contributed by atoms with Crippen LogP contribution in [0, 0.1) is 11.8 Å². The lowest BCUT2D eigenvalue weighted by Gasteiger charge is -2.17. The first-order valence-electron chi connectivity index (χ1n) is 4.57. The van der Waals surface area contributed by atoms with Crippen LogP contribution in [-0.4, -0.2) is 12.5 Å². The highest BCUT2D eigenvalue weighted by Gasteiger charge is 2.29. The smallest absolute Gasteiger partial charge is 0.223 e. The highest BCUT2D eigenvalue weighted by atomic mass is 16.2. The lowest BCUT2D eigenvalue weighted by molar-refractivity contribution is -0.123. The fourth-order valence-electron chi connectivity index (χ4n) is 1.92. The van der Waals surface area contributed by atoms with Crippen LogP contribution in [0.25, 0.3) is 0 Å². The van der Waals surface area contributed by atoms with Gasteiger partial charge >= 0.3 is 0 Å². The summed E-state index contributed by atoms with van der Waals surface area (Å²) in [6.45, 7) is 5.22. The van der Waals surface area contributed by atoms with Gasteiger partial charge in [-0.15, -0.1) is 0 Å². The van der Waals surface area contributed by atoms with Crippen molar-refractivity contribution in [3.63, 3.8) is 0 Å². The molecule has 1 amide bonds. The zero-order chi connectivity index (χ0) is 8.27. The Morgan fingerprint density at radius 1 is 1.55 bits per heavy atom. The number of carbonyl (C=O) groups is 1. The van der Waals surface area contributed by atoms with Crippen molar-refractivity contribution in [2.45, 2.75) is 33.1 Å². The first kappa shape index (κ1) is 8.57. The third-order valence-electron chi connectivity index (χ3n) is 2.71. The fourth-order valence-corrected chi connectivity index (χ4v) is 1.92. The van der Waals surface area contributed by atoms with Crippen molar-refractivity contribution >= 4 is 5.91 Å². The molecule has 0 aromatic rings. The molecule has 64 valence electrons. The van der Waals surface area contributed by atoms with Crippen LogP contribution in [0.15, 0.2) is 0 Å². The summed E-state index contributed by atoms with van der Waals surface area (Å²) in [5, 5.41) is 2.88. The third kappa shape index (κ3) is 1.73. The molecule has 1 fully saturated rings. The number of nitrogens with one attached hydrogen (secondary N) is 1. The molecule has 1 rings (SSSR count). The standard InChI is InChI=1S/C9H17NO/c1-3-7(4-2)8-5-6-10-9(8)11/h7-8H,3-6H2,1-2H3,(H,10,11). The minimum absolute atomic E-state index is 0.277. The van der Waals surface area contributed by atoms with Crippen LogP contribution in [-0.2, 0) is 4.79 Å². The Kier molecular flexibility index (Phi) is 2.92. The van der Waals surface area contributed by atoms with E-state index in [-0.39, 0.29) is 5.91 Å². The van der Waals surface area contributed by atoms with Gasteiger partial charge in [-0.25, -0.2) is 0 Å². The van der Waals surface area contributed by atoms with Gasteiger partial charge in [0.05, 0.1) is 0 Å². The Morgan fingerprint density at radius 2 is 2.18 bits per heavy atom. The molecular formula is C9H17NO. The summed E-state index contributed by atoms with van der Waals surface area (Å²) in [6, 6.07) is 0. The predicted octanol–water partition coefficient (Wildman–Crippen LogP) is 1.56. The Balaban J connectivity index is 2.49. The molecule has 1 aliphatic rings. The third-order valence-corrected chi connectivity index (χ3v) is 2.71. The van der Waals surface area contributed by atoms with E-state index in [1.807, 2.05) is 0 Å². The molecule has 0 radical (unpaired) electrons. The summed E-state index contributed by atoms with van der Waals surface area (Å²) in [6.07, 6.45) is 3.31. The molecule has 2 heteroatoms. The molecule has 0 spiro atoms. The number of hydrogen-bond acceptors (Lipinski definition) is 1. The highest BCUT2D eigenvalue weighted by molar-refractivity contribution is 5.80. The second-order valence-corrected chi connectivity index (χ2v) is 3.26. The minimum atomic E-state index is 0.277. The SMILES string of the molecule is CCC(CC)C1CCNC1=O. The van der Waals surface area contributed by atoms with E-state index < -0.39 is 0 Å². The number of hydrogen-bond donors (Lipinski definition) is 1. The largest absolute Gasteiger partial charge is 0.356 e. The van der Waals surface area contributed by atoms with Crippen molar-refractivity contribution in [1.29, 1.82) is 0 Å². The van der Waals surface area contributed by atoms with Crippen LogP contribution >= 0.6 is 0 Å². The molecule has 1 unspecified atom stereocenters. The van der Waals surface area contributed by atoms with Gasteiger partial charge in [0.25, 0.3) is 0 Å². The number of carbonyl (C=O) groups excluding carboxylic acids is 1. The summed E-state index contributed by atoms with van der Waals surface area (Å²) < 4.78 is 0. The van der Waals surface area contributed by atoms with Gasteiger partial charge in [-0.3, -0.25) is 4.79 Å². The predicted molar refractivity (Wildman–Crippen MR) is 45.2 cm³/mol. The highest BCUT2D eigenvalue weighted by Crippen LogP contribution is 2.25. The van der Waals surface area contributed by atoms with Gasteiger partial charge in [0.2, 0.25) is 5.91 Å². The van der Waals surface area contributed by atoms with Crippen molar-refractivity contribution in [3.8, 4) is 0 Å². The molecule has 0 aromatic heterocycles. The number of amides is 1. The Morgan fingerprint density at radius 3 is 2.55 bits per heavy atom. The maximum Gasteiger partial charge on any atom is 0.223 e. The van der Waals surface area contributed by atoms with Crippen molar-refractivity contribution in [2.24, 2.45) is 11.8 Å². The molecule has 2 nitrogen and oxygen atoms in total. The Bertz CT molecular complexity index is 140. The zero-order valence-electron chi connectivity index (χ0n) is 7.39. The van der Waals surface area contributed by atoms with Gasteiger partial charge in [-0.2, -0.15) is 0 Å². The van der Waals surface area contributed by atoms with Crippen molar-refractivity contribution < 1.29 is 4.79 Å². The molecule has 11 heavy (non-hydrogen) atoms. The summed E-state index contributed by atoms with van der Waals surface area (Å²) >= 11 is 0. The molecule has 1 heterocycles. The number of rotatable bonds is 3. The van der Waals surface area contributed by atoms with Crippen molar-refractivity contribution in [2.75, 3.05) is 6.54 Å². The van der Waals surface area contributed by atoms with E-state index in [9.17, 15) is 4.79 Å². The average Bonchev–Trinajstić information content (AvgIpc) is 2.40. The van der Waals surface area contributed by atoms with E-state index in [1.54, 1.807) is 0 Å². The summed E-state index contributed by atoms with van der Waals surface area (Å²) in [7, 11) is 0. The monoisotopic (exact) mass is 155 g/mol. The van der Waals surface area contributed by atoms with Crippen LogP contribution in [0.4, 0.5) is 0 Å². The van der Waals surface area contributed by atoms with Gasteiger partial charge in [0.1, 0.15) is 0 Å².